The van der Waals surface area contributed by atoms with Crippen LogP contribution >= 0.6 is 7.26 Å². The molecule has 2 nitrogen and oxygen atoms in total. The summed E-state index contributed by atoms with van der Waals surface area (Å²) in [6, 6.07) is 17.5. The minimum absolute atomic E-state index is 0. The molecule has 0 heterocycles. The van der Waals surface area contributed by atoms with Crippen LogP contribution in [0.4, 0.5) is 13.2 Å². The van der Waals surface area contributed by atoms with Crippen LogP contribution in [0, 0.1) is 17.5 Å². The van der Waals surface area contributed by atoms with Gasteiger partial charge in [0.2, 0.25) is 0 Å². The summed E-state index contributed by atoms with van der Waals surface area (Å²) < 4.78 is 47.5. The van der Waals surface area contributed by atoms with Crippen molar-refractivity contribution in [3.05, 3.63) is 90.2 Å². The molecule has 152 valence electrons. The molecule has 0 saturated carbocycles. The second-order valence-corrected chi connectivity index (χ2v) is 9.70. The molecule has 29 heavy (non-hydrogen) atoms. The second-order valence-electron chi connectivity index (χ2n) is 6.21. The summed E-state index contributed by atoms with van der Waals surface area (Å²) >= 11 is 0. The first-order valence-corrected chi connectivity index (χ1v) is 10.7. The fourth-order valence-corrected chi connectivity index (χ4v) is 7.24. The number of halogens is 4. The third-order valence-corrected chi connectivity index (χ3v) is 8.63. The van der Waals surface area contributed by atoms with E-state index >= 15 is 0 Å². The van der Waals surface area contributed by atoms with Crippen LogP contribution < -0.4 is 32.9 Å². The zero-order chi connectivity index (χ0) is 20.1. The third-order valence-electron chi connectivity index (χ3n) is 4.42. The van der Waals surface area contributed by atoms with Gasteiger partial charge >= 0.3 is 5.97 Å². The molecule has 0 bridgehead atoms. The maximum Gasteiger partial charge on any atom is 0.345 e. The van der Waals surface area contributed by atoms with Crippen molar-refractivity contribution in [3.8, 4) is 0 Å². The Balaban J connectivity index is 0.00000300. The smallest absolute Gasteiger partial charge is 0.345 e. The monoisotopic (exact) mass is 482 g/mol. The van der Waals surface area contributed by atoms with Gasteiger partial charge in [-0.05, 0) is 43.3 Å². The first-order chi connectivity index (χ1) is 13.5. The van der Waals surface area contributed by atoms with Gasteiger partial charge in [0.25, 0.3) is 0 Å². The van der Waals surface area contributed by atoms with E-state index < -0.39 is 30.7 Å². The Bertz CT molecular complexity index is 886. The topological polar surface area (TPSA) is 26.3 Å². The van der Waals surface area contributed by atoms with Gasteiger partial charge in [-0.15, -0.1) is 0 Å². The van der Waals surface area contributed by atoms with Crippen molar-refractivity contribution in [2.24, 2.45) is 0 Å². The molecular weight excluding hydrogens is 464 g/mol. The van der Waals surface area contributed by atoms with Crippen molar-refractivity contribution >= 4 is 29.1 Å². The number of carbonyl (C=O) groups excluding carboxylic acids is 1. The molecule has 0 spiro atoms. The maximum absolute atomic E-state index is 14.1. The summed E-state index contributed by atoms with van der Waals surface area (Å²) in [5.74, 6) is -1.97. The zero-order valence-corrected chi connectivity index (χ0v) is 18.1. The highest BCUT2D eigenvalue weighted by Gasteiger charge is 2.48. The Kier molecular flexibility index (Phi) is 8.00. The van der Waals surface area contributed by atoms with E-state index in [4.69, 9.17) is 4.74 Å². The van der Waals surface area contributed by atoms with E-state index in [0.717, 1.165) is 0 Å². The molecule has 0 aliphatic heterocycles. The lowest BCUT2D eigenvalue weighted by atomic mass is 10.3. The predicted molar refractivity (Wildman–Crippen MR) is 107 cm³/mol. The molecule has 3 aromatic rings. The SMILES string of the molecule is CCOC(=O)C[P+](c1cccc(F)c1)(c1cccc(F)c1)c1cccc(F)c1.[Br-]. The van der Waals surface area contributed by atoms with E-state index in [9.17, 15) is 18.0 Å². The van der Waals surface area contributed by atoms with E-state index in [-0.39, 0.29) is 29.8 Å². The van der Waals surface area contributed by atoms with Crippen LogP contribution in [0.1, 0.15) is 6.92 Å². The first-order valence-electron chi connectivity index (χ1n) is 8.78. The largest absolute Gasteiger partial charge is 1.00 e. The van der Waals surface area contributed by atoms with Gasteiger partial charge in [0.05, 0.1) is 6.61 Å². The minimum Gasteiger partial charge on any atom is -1.00 e. The Hall–Kier alpha value is -2.17. The summed E-state index contributed by atoms with van der Waals surface area (Å²) in [5, 5.41) is 1.53. The fraction of sp³-hybridized carbons (Fsp3) is 0.136. The van der Waals surface area contributed by atoms with Crippen LogP contribution in [0.3, 0.4) is 0 Å². The lowest BCUT2D eigenvalue weighted by Gasteiger charge is -2.26. The molecule has 0 unspecified atom stereocenters. The minimum atomic E-state index is -2.91. The molecule has 0 N–H and O–H groups in total. The van der Waals surface area contributed by atoms with Crippen LogP contribution in [0.15, 0.2) is 72.8 Å². The summed E-state index contributed by atoms with van der Waals surface area (Å²) in [4.78, 5) is 12.6. The molecule has 3 aromatic carbocycles. The molecule has 0 fully saturated rings. The molecule has 0 amide bonds. The van der Waals surface area contributed by atoms with Gasteiger partial charge in [0, 0.05) is 18.2 Å². The zero-order valence-electron chi connectivity index (χ0n) is 15.6. The Labute approximate surface area is 178 Å². The summed E-state index contributed by atoms with van der Waals surface area (Å²) in [6.07, 6.45) is -0.128. The van der Waals surface area contributed by atoms with E-state index in [1.165, 1.54) is 54.6 Å². The Morgan fingerprint density at radius 3 is 1.48 bits per heavy atom. The van der Waals surface area contributed by atoms with E-state index in [0.29, 0.717) is 15.9 Å². The molecule has 0 radical (unpaired) electrons. The van der Waals surface area contributed by atoms with Crippen LogP contribution in [0.5, 0.6) is 0 Å². The van der Waals surface area contributed by atoms with Gasteiger partial charge in [0.15, 0.2) is 6.16 Å². The van der Waals surface area contributed by atoms with Crippen LogP contribution in [0.25, 0.3) is 0 Å². The van der Waals surface area contributed by atoms with Crippen molar-refractivity contribution in [2.75, 3.05) is 12.8 Å². The molecule has 0 saturated heterocycles. The quantitative estimate of drug-likeness (QED) is 0.386. The lowest BCUT2D eigenvalue weighted by molar-refractivity contribution is -0.139. The average molecular weight is 483 g/mol. The van der Waals surface area contributed by atoms with Crippen LogP contribution in [0.2, 0.25) is 0 Å². The van der Waals surface area contributed by atoms with Gasteiger partial charge in [-0.2, -0.15) is 0 Å². The van der Waals surface area contributed by atoms with Gasteiger partial charge < -0.3 is 21.7 Å². The summed E-state index contributed by atoms with van der Waals surface area (Å²) in [7, 11) is -2.91. The van der Waals surface area contributed by atoms with Gasteiger partial charge in [-0.3, -0.25) is 0 Å². The van der Waals surface area contributed by atoms with Crippen molar-refractivity contribution < 1.29 is 39.7 Å². The van der Waals surface area contributed by atoms with E-state index in [2.05, 4.69) is 0 Å². The van der Waals surface area contributed by atoms with E-state index in [1.54, 1.807) is 25.1 Å². The normalized spacial score (nSPS) is 10.9. The number of carbonyl (C=O) groups is 1. The number of hydrogen-bond acceptors (Lipinski definition) is 2. The number of benzene rings is 3. The molecular formula is C22H19BrF3O2P. The fourth-order valence-electron chi connectivity index (χ4n) is 3.26. The number of hydrogen-bond donors (Lipinski definition) is 0. The number of ether oxygens (including phenoxy) is 1. The molecule has 0 aromatic heterocycles. The molecule has 0 aliphatic carbocycles. The highest BCUT2D eigenvalue weighted by atomic mass is 79.9. The number of esters is 1. The van der Waals surface area contributed by atoms with Crippen molar-refractivity contribution in [1.82, 2.24) is 0 Å². The van der Waals surface area contributed by atoms with E-state index in [1.807, 2.05) is 0 Å². The van der Waals surface area contributed by atoms with Crippen LogP contribution in [-0.4, -0.2) is 18.7 Å². The standard InChI is InChI=1S/C22H19F3O2P.BrH/c1-2-27-22(26)15-28(19-9-3-6-16(23)12-19,20-10-4-7-17(24)13-20)21-11-5-8-18(25)14-21;/h3-14H,2,15H2,1H3;1H/q+1;/p-1. The summed E-state index contributed by atoms with van der Waals surface area (Å²) in [6.45, 7) is 1.86. The van der Waals surface area contributed by atoms with Crippen molar-refractivity contribution in [2.45, 2.75) is 6.92 Å². The van der Waals surface area contributed by atoms with Crippen molar-refractivity contribution in [1.29, 1.82) is 0 Å². The highest BCUT2D eigenvalue weighted by molar-refractivity contribution is 7.96. The first kappa shape index (κ1) is 23.1. The van der Waals surface area contributed by atoms with Crippen molar-refractivity contribution in [3.63, 3.8) is 0 Å². The lowest BCUT2D eigenvalue weighted by Crippen LogP contribution is -3.00. The molecule has 0 atom stereocenters. The highest BCUT2D eigenvalue weighted by Crippen LogP contribution is 2.55. The molecule has 7 heteroatoms. The van der Waals surface area contributed by atoms with Gasteiger partial charge in [-0.25, -0.2) is 18.0 Å². The third kappa shape index (κ3) is 5.06. The average Bonchev–Trinajstić information content (AvgIpc) is 2.66. The Morgan fingerprint density at radius 1 is 0.793 bits per heavy atom. The predicted octanol–water partition coefficient (Wildman–Crippen LogP) is 0.965. The van der Waals surface area contributed by atoms with Crippen LogP contribution in [-0.2, 0) is 9.53 Å². The number of rotatable bonds is 6. The Morgan fingerprint density at radius 2 is 1.17 bits per heavy atom. The summed E-state index contributed by atoms with van der Waals surface area (Å²) in [5.41, 5.74) is 0. The maximum atomic E-state index is 14.1. The van der Waals surface area contributed by atoms with Gasteiger partial charge in [-0.1, -0.05) is 18.2 Å². The van der Waals surface area contributed by atoms with Gasteiger partial charge in [0.1, 0.15) is 40.6 Å². The molecule has 3 rings (SSSR count). The second kappa shape index (κ2) is 10.0. The molecule has 0 aliphatic rings.